The molecule has 0 unspecified atom stereocenters. The monoisotopic (exact) mass is 239 g/mol. The molecule has 0 aliphatic heterocycles. The summed E-state index contributed by atoms with van der Waals surface area (Å²) in [5.41, 5.74) is 0.702. The Balaban J connectivity index is 2.85. The summed E-state index contributed by atoms with van der Waals surface area (Å²) in [5, 5.41) is 11.4. The summed E-state index contributed by atoms with van der Waals surface area (Å²) in [6, 6.07) is 0.826. The third-order valence-corrected chi connectivity index (χ3v) is 2.47. The Labute approximate surface area is 99.8 Å². The molecule has 1 atom stereocenters. The summed E-state index contributed by atoms with van der Waals surface area (Å²) >= 11 is 0. The van der Waals surface area contributed by atoms with Crippen LogP contribution < -0.4 is 5.32 Å². The lowest BCUT2D eigenvalue weighted by Gasteiger charge is -2.17. The van der Waals surface area contributed by atoms with Gasteiger partial charge in [-0.05, 0) is 25.8 Å². The number of rotatable bonds is 4. The van der Waals surface area contributed by atoms with Gasteiger partial charge in [-0.1, -0.05) is 13.8 Å². The number of aryl methyl sites for hydroxylation is 2. The molecular weight excluding hydrogens is 222 g/mol. The van der Waals surface area contributed by atoms with E-state index in [1.165, 1.54) is 0 Å². The minimum absolute atomic E-state index is 0.175. The van der Waals surface area contributed by atoms with Crippen LogP contribution in [0.1, 0.15) is 35.7 Å². The number of furan rings is 1. The molecule has 1 heterocycles. The molecule has 0 spiro atoms. The Hall–Kier alpha value is -1.78. The fourth-order valence-electron chi connectivity index (χ4n) is 1.59. The van der Waals surface area contributed by atoms with E-state index in [0.717, 1.165) is 0 Å². The van der Waals surface area contributed by atoms with Crippen molar-refractivity contribution in [3.05, 3.63) is 23.2 Å². The Morgan fingerprint density at radius 2 is 1.94 bits per heavy atom. The van der Waals surface area contributed by atoms with Gasteiger partial charge in [-0.25, -0.2) is 4.79 Å². The van der Waals surface area contributed by atoms with Crippen molar-refractivity contribution in [3.63, 3.8) is 0 Å². The van der Waals surface area contributed by atoms with Gasteiger partial charge in [0.25, 0.3) is 5.91 Å². The second kappa shape index (κ2) is 5.03. The molecule has 1 aromatic rings. The van der Waals surface area contributed by atoms with E-state index in [4.69, 9.17) is 9.52 Å². The maximum absolute atomic E-state index is 11.8. The number of hydrogen-bond acceptors (Lipinski definition) is 3. The predicted molar refractivity (Wildman–Crippen MR) is 61.9 cm³/mol. The highest BCUT2D eigenvalue weighted by molar-refractivity contribution is 5.95. The minimum Gasteiger partial charge on any atom is -0.480 e. The highest BCUT2D eigenvalue weighted by Gasteiger charge is 2.25. The molecule has 0 saturated carbocycles. The van der Waals surface area contributed by atoms with E-state index in [9.17, 15) is 9.59 Å². The van der Waals surface area contributed by atoms with E-state index in [-0.39, 0.29) is 11.7 Å². The van der Waals surface area contributed by atoms with Gasteiger partial charge in [0.15, 0.2) is 5.76 Å². The number of carboxylic acids is 1. The van der Waals surface area contributed by atoms with Crippen molar-refractivity contribution < 1.29 is 19.1 Å². The van der Waals surface area contributed by atoms with Crippen molar-refractivity contribution >= 4 is 11.9 Å². The third kappa shape index (κ3) is 3.09. The maximum Gasteiger partial charge on any atom is 0.326 e. The lowest BCUT2D eigenvalue weighted by atomic mass is 10.0. The topological polar surface area (TPSA) is 79.5 Å². The molecule has 0 aliphatic carbocycles. The summed E-state index contributed by atoms with van der Waals surface area (Å²) in [5.74, 6) is -0.919. The smallest absolute Gasteiger partial charge is 0.326 e. The van der Waals surface area contributed by atoms with Crippen molar-refractivity contribution in [1.29, 1.82) is 0 Å². The third-order valence-electron chi connectivity index (χ3n) is 2.47. The SMILES string of the molecule is Cc1cc(C)c(C(=O)N[C@H](C(=O)O)C(C)C)o1. The first-order chi connectivity index (χ1) is 7.82. The van der Waals surface area contributed by atoms with Crippen LogP contribution in [0.5, 0.6) is 0 Å². The molecule has 17 heavy (non-hydrogen) atoms. The summed E-state index contributed by atoms with van der Waals surface area (Å²) in [7, 11) is 0. The van der Waals surface area contributed by atoms with Crippen LogP contribution in [-0.4, -0.2) is 23.0 Å². The standard InChI is InChI=1S/C12H17NO4/c1-6(2)9(12(15)16)13-11(14)10-7(3)5-8(4)17-10/h5-6,9H,1-4H3,(H,13,14)(H,15,16)/t9-/m0/s1. The van der Waals surface area contributed by atoms with Gasteiger partial charge in [0.2, 0.25) is 0 Å². The molecule has 1 aromatic heterocycles. The van der Waals surface area contributed by atoms with E-state index in [1.807, 2.05) is 0 Å². The average molecular weight is 239 g/mol. The number of hydrogen-bond donors (Lipinski definition) is 2. The molecule has 1 amide bonds. The van der Waals surface area contributed by atoms with Crippen LogP contribution in [0.4, 0.5) is 0 Å². The Morgan fingerprint density at radius 1 is 1.35 bits per heavy atom. The normalized spacial score (nSPS) is 12.5. The molecule has 0 aliphatic rings. The van der Waals surface area contributed by atoms with Gasteiger partial charge in [0, 0.05) is 5.56 Å². The molecule has 94 valence electrons. The van der Waals surface area contributed by atoms with Gasteiger partial charge in [0.05, 0.1) is 0 Å². The van der Waals surface area contributed by atoms with Crippen molar-refractivity contribution in [2.75, 3.05) is 0 Å². The highest BCUT2D eigenvalue weighted by atomic mass is 16.4. The lowest BCUT2D eigenvalue weighted by Crippen LogP contribution is -2.44. The fourth-order valence-corrected chi connectivity index (χ4v) is 1.59. The van der Waals surface area contributed by atoms with Gasteiger partial charge in [-0.3, -0.25) is 4.79 Å². The zero-order valence-corrected chi connectivity index (χ0v) is 10.4. The summed E-state index contributed by atoms with van der Waals surface area (Å²) in [6.07, 6.45) is 0. The van der Waals surface area contributed by atoms with Crippen LogP contribution in [0, 0.1) is 19.8 Å². The number of amides is 1. The van der Waals surface area contributed by atoms with Crippen molar-refractivity contribution in [2.24, 2.45) is 5.92 Å². The first-order valence-corrected chi connectivity index (χ1v) is 5.43. The van der Waals surface area contributed by atoms with E-state index in [0.29, 0.717) is 11.3 Å². The van der Waals surface area contributed by atoms with E-state index in [2.05, 4.69) is 5.32 Å². The molecule has 1 rings (SSSR count). The van der Waals surface area contributed by atoms with Crippen LogP contribution >= 0.6 is 0 Å². The largest absolute Gasteiger partial charge is 0.480 e. The summed E-state index contributed by atoms with van der Waals surface area (Å²) in [6.45, 7) is 6.95. The van der Waals surface area contributed by atoms with Crippen molar-refractivity contribution in [2.45, 2.75) is 33.7 Å². The number of nitrogens with one attached hydrogen (secondary N) is 1. The molecule has 0 bridgehead atoms. The van der Waals surface area contributed by atoms with Crippen LogP contribution in [0.15, 0.2) is 10.5 Å². The molecule has 0 radical (unpaired) electrons. The first kappa shape index (κ1) is 13.3. The van der Waals surface area contributed by atoms with Gasteiger partial charge >= 0.3 is 5.97 Å². The number of aliphatic carboxylic acids is 1. The van der Waals surface area contributed by atoms with Crippen LogP contribution in [0.2, 0.25) is 0 Å². The Bertz CT molecular complexity index is 434. The molecule has 0 aromatic carbocycles. The van der Waals surface area contributed by atoms with Crippen molar-refractivity contribution in [1.82, 2.24) is 5.32 Å². The highest BCUT2D eigenvalue weighted by Crippen LogP contribution is 2.14. The second-order valence-corrected chi connectivity index (χ2v) is 4.40. The van der Waals surface area contributed by atoms with Gasteiger partial charge < -0.3 is 14.8 Å². The van der Waals surface area contributed by atoms with Crippen molar-refractivity contribution in [3.8, 4) is 0 Å². The predicted octanol–water partition coefficient (Wildman–Crippen LogP) is 1.74. The molecule has 0 saturated heterocycles. The van der Waals surface area contributed by atoms with E-state index >= 15 is 0 Å². The molecule has 5 nitrogen and oxygen atoms in total. The molecule has 2 N–H and O–H groups in total. The molecule has 0 fully saturated rings. The zero-order chi connectivity index (χ0) is 13.2. The maximum atomic E-state index is 11.8. The van der Waals surface area contributed by atoms with Gasteiger partial charge in [-0.15, -0.1) is 0 Å². The van der Waals surface area contributed by atoms with Gasteiger partial charge in [0.1, 0.15) is 11.8 Å². The number of carbonyl (C=O) groups is 2. The Kier molecular flexibility index (Phi) is 3.93. The first-order valence-electron chi connectivity index (χ1n) is 5.43. The average Bonchev–Trinajstić information content (AvgIpc) is 2.53. The molecule has 5 heteroatoms. The Morgan fingerprint density at radius 3 is 2.29 bits per heavy atom. The van der Waals surface area contributed by atoms with Crippen LogP contribution in [0.25, 0.3) is 0 Å². The number of carbonyl (C=O) groups excluding carboxylic acids is 1. The number of carboxylic acid groups (broad SMARTS) is 1. The van der Waals surface area contributed by atoms with E-state index < -0.39 is 17.9 Å². The quantitative estimate of drug-likeness (QED) is 0.838. The van der Waals surface area contributed by atoms with E-state index in [1.54, 1.807) is 33.8 Å². The van der Waals surface area contributed by atoms with Crippen LogP contribution in [0.3, 0.4) is 0 Å². The zero-order valence-electron chi connectivity index (χ0n) is 10.4. The second-order valence-electron chi connectivity index (χ2n) is 4.40. The fraction of sp³-hybridized carbons (Fsp3) is 0.500. The lowest BCUT2D eigenvalue weighted by molar-refractivity contribution is -0.140. The summed E-state index contributed by atoms with van der Waals surface area (Å²) < 4.78 is 5.23. The summed E-state index contributed by atoms with van der Waals surface area (Å²) in [4.78, 5) is 22.8. The van der Waals surface area contributed by atoms with Crippen LogP contribution in [-0.2, 0) is 4.79 Å². The minimum atomic E-state index is -1.05. The van der Waals surface area contributed by atoms with Gasteiger partial charge in [-0.2, -0.15) is 0 Å². The molecular formula is C12H17NO4.